The molecule has 0 spiro atoms. The molecule has 2 heterocycles. The van der Waals surface area contributed by atoms with Gasteiger partial charge in [0.15, 0.2) is 0 Å². The van der Waals surface area contributed by atoms with E-state index in [4.69, 9.17) is 26.5 Å². The Kier molecular flexibility index (Phi) is 7.24. The average Bonchev–Trinajstić information content (AvgIpc) is 3.52. The number of carbonyl (C=O) groups excluding carboxylic acids is 1. The Labute approximate surface area is 187 Å². The molecule has 2 atom stereocenters. The van der Waals surface area contributed by atoms with E-state index in [0.29, 0.717) is 31.3 Å². The molecule has 1 amide bonds. The molecular weight excluding hydrogens is 418 g/mol. The van der Waals surface area contributed by atoms with Crippen LogP contribution >= 0.6 is 11.6 Å². The van der Waals surface area contributed by atoms with Crippen molar-refractivity contribution >= 4 is 17.5 Å². The van der Waals surface area contributed by atoms with Gasteiger partial charge in [0.25, 0.3) is 5.91 Å². The van der Waals surface area contributed by atoms with Crippen molar-refractivity contribution in [2.75, 3.05) is 26.2 Å². The van der Waals surface area contributed by atoms with Crippen LogP contribution in [0.2, 0.25) is 5.02 Å². The molecule has 1 aliphatic heterocycles. The second-order valence-corrected chi connectivity index (χ2v) is 8.61. The fraction of sp³-hybridized carbons (Fsp3) is 0.545. The van der Waals surface area contributed by atoms with Crippen LogP contribution in [0.25, 0.3) is 11.4 Å². The third kappa shape index (κ3) is 5.27. The van der Waals surface area contributed by atoms with Crippen LogP contribution in [-0.4, -0.2) is 64.0 Å². The predicted molar refractivity (Wildman–Crippen MR) is 118 cm³/mol. The lowest BCUT2D eigenvalue weighted by molar-refractivity contribution is -0.148. The van der Waals surface area contributed by atoms with E-state index < -0.39 is 6.10 Å². The number of ether oxygens (including phenoxy) is 1. The SMILES string of the molecule is C[C@H](c1cn(CCCNO)c(-c2cccc(Cl)c2)n1)N(C(=O)[C@H]1CNCCO1)C1CC1. The highest BCUT2D eigenvalue weighted by Gasteiger charge is 2.40. The lowest BCUT2D eigenvalue weighted by atomic mass is 10.1. The summed E-state index contributed by atoms with van der Waals surface area (Å²) in [4.78, 5) is 20.2. The lowest BCUT2D eigenvalue weighted by Crippen LogP contribution is -2.50. The van der Waals surface area contributed by atoms with Crippen molar-refractivity contribution in [2.45, 2.75) is 50.9 Å². The van der Waals surface area contributed by atoms with Crippen LogP contribution < -0.4 is 10.8 Å². The first kappa shape index (κ1) is 22.2. The first-order valence-corrected chi connectivity index (χ1v) is 11.3. The predicted octanol–water partition coefficient (Wildman–Crippen LogP) is 2.61. The number of imidazole rings is 1. The molecule has 1 saturated carbocycles. The number of hydroxylamine groups is 1. The number of nitrogens with one attached hydrogen (secondary N) is 2. The lowest BCUT2D eigenvalue weighted by Gasteiger charge is -2.33. The number of hydrogen-bond acceptors (Lipinski definition) is 6. The Morgan fingerprint density at radius 3 is 3.00 bits per heavy atom. The van der Waals surface area contributed by atoms with Crippen LogP contribution in [-0.2, 0) is 16.1 Å². The van der Waals surface area contributed by atoms with E-state index in [0.717, 1.165) is 42.9 Å². The van der Waals surface area contributed by atoms with E-state index in [9.17, 15) is 4.79 Å². The monoisotopic (exact) mass is 447 g/mol. The molecule has 8 nitrogen and oxygen atoms in total. The third-order valence-electron chi connectivity index (χ3n) is 5.81. The summed E-state index contributed by atoms with van der Waals surface area (Å²) in [5.41, 5.74) is 3.97. The van der Waals surface area contributed by atoms with Crippen LogP contribution in [0.4, 0.5) is 0 Å². The van der Waals surface area contributed by atoms with E-state index in [1.54, 1.807) is 0 Å². The molecule has 168 valence electrons. The third-order valence-corrected chi connectivity index (χ3v) is 6.04. The molecule has 0 unspecified atom stereocenters. The van der Waals surface area contributed by atoms with Gasteiger partial charge in [-0.15, -0.1) is 0 Å². The Bertz CT molecular complexity index is 895. The molecule has 1 aromatic carbocycles. The Hall–Kier alpha value is -1.97. The topological polar surface area (TPSA) is 91.7 Å². The summed E-state index contributed by atoms with van der Waals surface area (Å²) >= 11 is 6.22. The summed E-state index contributed by atoms with van der Waals surface area (Å²) in [5, 5.41) is 12.8. The van der Waals surface area contributed by atoms with Crippen molar-refractivity contribution in [2.24, 2.45) is 0 Å². The van der Waals surface area contributed by atoms with E-state index >= 15 is 0 Å². The van der Waals surface area contributed by atoms with Gasteiger partial charge in [-0.1, -0.05) is 23.7 Å². The van der Waals surface area contributed by atoms with Crippen LogP contribution in [0.1, 0.15) is 37.9 Å². The van der Waals surface area contributed by atoms with Crippen molar-refractivity contribution in [3.8, 4) is 11.4 Å². The Balaban J connectivity index is 1.62. The normalized spacial score (nSPS) is 19.9. The van der Waals surface area contributed by atoms with Crippen LogP contribution in [0.5, 0.6) is 0 Å². The van der Waals surface area contributed by atoms with Gasteiger partial charge in [-0.2, -0.15) is 0 Å². The summed E-state index contributed by atoms with van der Waals surface area (Å²) in [6.45, 7) is 5.08. The maximum atomic E-state index is 13.3. The minimum Gasteiger partial charge on any atom is -0.366 e. The highest BCUT2D eigenvalue weighted by molar-refractivity contribution is 6.30. The van der Waals surface area contributed by atoms with E-state index in [1.165, 1.54) is 0 Å². The van der Waals surface area contributed by atoms with Gasteiger partial charge >= 0.3 is 0 Å². The minimum atomic E-state index is -0.443. The molecule has 0 bridgehead atoms. The van der Waals surface area contributed by atoms with E-state index in [-0.39, 0.29) is 18.0 Å². The van der Waals surface area contributed by atoms with Crippen molar-refractivity contribution < 1.29 is 14.7 Å². The minimum absolute atomic E-state index is 0.0329. The number of amides is 1. The van der Waals surface area contributed by atoms with Crippen molar-refractivity contribution in [1.29, 1.82) is 0 Å². The molecular formula is C22H30ClN5O3. The maximum absolute atomic E-state index is 13.3. The second kappa shape index (κ2) is 10.1. The summed E-state index contributed by atoms with van der Waals surface area (Å²) in [6.07, 6.45) is 4.34. The number of nitrogens with zero attached hydrogens (tertiary/aromatic N) is 3. The number of aryl methyl sites for hydroxylation is 1. The Morgan fingerprint density at radius 2 is 2.32 bits per heavy atom. The van der Waals surface area contributed by atoms with E-state index in [2.05, 4.69) is 15.4 Å². The molecule has 0 radical (unpaired) electrons. The fourth-order valence-electron chi connectivity index (χ4n) is 4.07. The van der Waals surface area contributed by atoms with Crippen molar-refractivity contribution in [1.82, 2.24) is 25.2 Å². The number of aromatic nitrogens is 2. The fourth-order valence-corrected chi connectivity index (χ4v) is 4.26. The summed E-state index contributed by atoms with van der Waals surface area (Å²) < 4.78 is 7.81. The highest BCUT2D eigenvalue weighted by Crippen LogP contribution is 2.36. The molecule has 2 aliphatic rings. The molecule has 1 aliphatic carbocycles. The zero-order chi connectivity index (χ0) is 21.8. The van der Waals surface area contributed by atoms with Gasteiger partial charge in [-0.05, 0) is 38.3 Å². The smallest absolute Gasteiger partial charge is 0.253 e. The summed E-state index contributed by atoms with van der Waals surface area (Å²) in [7, 11) is 0. The molecule has 2 aromatic rings. The van der Waals surface area contributed by atoms with Gasteiger partial charge in [-0.3, -0.25) is 4.79 Å². The number of halogens is 1. The zero-order valence-corrected chi connectivity index (χ0v) is 18.5. The van der Waals surface area contributed by atoms with Gasteiger partial charge in [-0.25, -0.2) is 10.5 Å². The number of carbonyl (C=O) groups is 1. The van der Waals surface area contributed by atoms with Crippen LogP contribution in [0, 0.1) is 0 Å². The average molecular weight is 448 g/mol. The summed E-state index contributed by atoms with van der Waals surface area (Å²) in [6, 6.07) is 7.69. The molecule has 3 N–H and O–H groups in total. The van der Waals surface area contributed by atoms with Crippen molar-refractivity contribution in [3.05, 3.63) is 41.2 Å². The Morgan fingerprint density at radius 1 is 1.48 bits per heavy atom. The van der Waals surface area contributed by atoms with Gasteiger partial charge in [0.2, 0.25) is 0 Å². The molecule has 1 aromatic heterocycles. The maximum Gasteiger partial charge on any atom is 0.253 e. The molecule has 1 saturated heterocycles. The van der Waals surface area contributed by atoms with Gasteiger partial charge < -0.3 is 24.7 Å². The standard InChI is InChI=1S/C22H30ClN5O3/c1-15(28(18-6-7-18)22(29)20-13-24-9-11-31-20)19-14-27(10-3-8-25-30)21(26-19)16-4-2-5-17(23)12-16/h2,4-5,12,14-15,18,20,24-25,30H,3,6-11,13H2,1H3/t15-,20-/m1/s1. The molecule has 4 rings (SSSR count). The second-order valence-electron chi connectivity index (χ2n) is 8.17. The van der Waals surface area contributed by atoms with E-state index in [1.807, 2.05) is 42.3 Å². The first-order valence-electron chi connectivity index (χ1n) is 10.9. The van der Waals surface area contributed by atoms with Gasteiger partial charge in [0.05, 0.1) is 18.3 Å². The molecule has 31 heavy (non-hydrogen) atoms. The number of benzene rings is 1. The first-order chi connectivity index (χ1) is 15.1. The van der Waals surface area contributed by atoms with Crippen molar-refractivity contribution in [3.63, 3.8) is 0 Å². The molecule has 9 heteroatoms. The quantitative estimate of drug-likeness (QED) is 0.404. The number of morpholine rings is 1. The largest absolute Gasteiger partial charge is 0.366 e. The van der Waals surface area contributed by atoms with Gasteiger partial charge in [0.1, 0.15) is 11.9 Å². The van der Waals surface area contributed by atoms with Crippen LogP contribution in [0.15, 0.2) is 30.5 Å². The van der Waals surface area contributed by atoms with Crippen LogP contribution in [0.3, 0.4) is 0 Å². The highest BCUT2D eigenvalue weighted by atomic mass is 35.5. The number of hydrogen-bond donors (Lipinski definition) is 3. The summed E-state index contributed by atoms with van der Waals surface area (Å²) in [5.74, 6) is 0.839. The molecule has 2 fully saturated rings. The zero-order valence-electron chi connectivity index (χ0n) is 17.8. The van der Waals surface area contributed by atoms with Gasteiger partial charge in [0, 0.05) is 49.0 Å². The number of rotatable bonds is 9.